The number of nitrogens with one attached hydrogen (secondary N) is 2. The maximum absolute atomic E-state index is 5.38. The van der Waals surface area contributed by atoms with E-state index in [4.69, 9.17) is 14.0 Å². The molecule has 0 aliphatic carbocycles. The van der Waals surface area contributed by atoms with Gasteiger partial charge in [-0.05, 0) is 26.0 Å². The van der Waals surface area contributed by atoms with Crippen LogP contribution in [0.25, 0.3) is 0 Å². The molecule has 0 radical (unpaired) electrons. The van der Waals surface area contributed by atoms with Gasteiger partial charge in [-0.15, -0.1) is 0 Å². The Morgan fingerprint density at radius 2 is 1.76 bits per heavy atom. The topological polar surface area (TPSA) is 94.3 Å². The second-order valence-electron chi connectivity index (χ2n) is 5.36. The first kappa shape index (κ1) is 16.6. The van der Waals surface area contributed by atoms with Gasteiger partial charge in [0.1, 0.15) is 23.1 Å². The van der Waals surface area contributed by atoms with E-state index in [1.165, 1.54) is 0 Å². The fraction of sp³-hybridized carbons (Fsp3) is 0.235. The minimum Gasteiger partial charge on any atom is -0.497 e. The molecule has 8 heteroatoms. The fourth-order valence-electron chi connectivity index (χ4n) is 2.27. The SMILES string of the molecule is COc1ccc(Nc2nc(C)cc(Nc3cc(C)on3)n2)c(OC)c1. The van der Waals surface area contributed by atoms with E-state index in [-0.39, 0.29) is 0 Å². The van der Waals surface area contributed by atoms with Crippen molar-refractivity contribution < 1.29 is 14.0 Å². The zero-order valence-corrected chi connectivity index (χ0v) is 14.5. The van der Waals surface area contributed by atoms with Crippen molar-refractivity contribution in [2.45, 2.75) is 13.8 Å². The first-order valence-electron chi connectivity index (χ1n) is 7.62. The largest absolute Gasteiger partial charge is 0.497 e. The normalized spacial score (nSPS) is 10.4. The van der Waals surface area contributed by atoms with Gasteiger partial charge in [0.2, 0.25) is 5.95 Å². The molecular formula is C17H19N5O3. The van der Waals surface area contributed by atoms with E-state index in [1.54, 1.807) is 26.4 Å². The standard InChI is InChI=1S/C17H19N5O3/c1-10-7-15(20-16-8-11(2)25-22-16)21-17(18-10)19-13-6-5-12(23-3)9-14(13)24-4/h5-9H,1-4H3,(H2,18,19,20,21,22). The van der Waals surface area contributed by atoms with Gasteiger partial charge in [0.05, 0.1) is 19.9 Å². The minimum atomic E-state index is 0.436. The number of anilines is 4. The van der Waals surface area contributed by atoms with Crippen LogP contribution in [0.4, 0.5) is 23.3 Å². The van der Waals surface area contributed by atoms with Gasteiger partial charge in [-0.2, -0.15) is 4.98 Å². The summed E-state index contributed by atoms with van der Waals surface area (Å²) >= 11 is 0. The Hall–Kier alpha value is -3.29. The van der Waals surface area contributed by atoms with Crippen molar-refractivity contribution in [2.24, 2.45) is 0 Å². The van der Waals surface area contributed by atoms with Crippen LogP contribution in [0.15, 0.2) is 34.9 Å². The lowest BCUT2D eigenvalue weighted by molar-refractivity contribution is 0.395. The van der Waals surface area contributed by atoms with Crippen molar-refractivity contribution in [2.75, 3.05) is 24.9 Å². The first-order valence-corrected chi connectivity index (χ1v) is 7.62. The summed E-state index contributed by atoms with van der Waals surface area (Å²) in [6.07, 6.45) is 0. The number of aromatic nitrogens is 3. The van der Waals surface area contributed by atoms with E-state index in [1.807, 2.05) is 32.0 Å². The molecule has 1 aromatic carbocycles. The number of rotatable bonds is 6. The predicted octanol–water partition coefficient (Wildman–Crippen LogP) is 3.59. The van der Waals surface area contributed by atoms with E-state index in [9.17, 15) is 0 Å². The summed E-state index contributed by atoms with van der Waals surface area (Å²) in [5.41, 5.74) is 1.53. The molecule has 0 spiro atoms. The molecular weight excluding hydrogens is 322 g/mol. The van der Waals surface area contributed by atoms with Crippen LogP contribution < -0.4 is 20.1 Å². The van der Waals surface area contributed by atoms with E-state index in [2.05, 4.69) is 25.8 Å². The van der Waals surface area contributed by atoms with Crippen LogP contribution in [-0.4, -0.2) is 29.3 Å². The summed E-state index contributed by atoms with van der Waals surface area (Å²) in [7, 11) is 3.20. The summed E-state index contributed by atoms with van der Waals surface area (Å²) in [4.78, 5) is 8.85. The number of ether oxygens (including phenoxy) is 2. The first-order chi connectivity index (χ1) is 12.1. The Labute approximate surface area is 145 Å². The molecule has 0 aliphatic heterocycles. The highest BCUT2D eigenvalue weighted by atomic mass is 16.5. The quantitative estimate of drug-likeness (QED) is 0.702. The molecule has 0 amide bonds. The van der Waals surface area contributed by atoms with Crippen LogP contribution >= 0.6 is 0 Å². The van der Waals surface area contributed by atoms with Crippen LogP contribution in [0.5, 0.6) is 11.5 Å². The van der Waals surface area contributed by atoms with Gasteiger partial charge < -0.3 is 24.6 Å². The number of hydrogen-bond acceptors (Lipinski definition) is 8. The Morgan fingerprint density at radius 3 is 2.44 bits per heavy atom. The number of methoxy groups -OCH3 is 2. The summed E-state index contributed by atoms with van der Waals surface area (Å²) in [5, 5.41) is 10.2. The molecule has 25 heavy (non-hydrogen) atoms. The molecule has 0 atom stereocenters. The van der Waals surface area contributed by atoms with E-state index in [0.29, 0.717) is 29.1 Å². The fourth-order valence-corrected chi connectivity index (χ4v) is 2.27. The monoisotopic (exact) mass is 341 g/mol. The molecule has 2 N–H and O–H groups in total. The molecule has 0 aliphatic rings. The van der Waals surface area contributed by atoms with Crippen LogP contribution in [0.2, 0.25) is 0 Å². The summed E-state index contributed by atoms with van der Waals surface area (Å²) in [5.74, 6) is 3.68. The molecule has 0 fully saturated rings. The van der Waals surface area contributed by atoms with Gasteiger partial charge >= 0.3 is 0 Å². The smallest absolute Gasteiger partial charge is 0.229 e. The number of aryl methyl sites for hydroxylation is 2. The van der Waals surface area contributed by atoms with Crippen molar-refractivity contribution in [3.63, 3.8) is 0 Å². The van der Waals surface area contributed by atoms with Crippen LogP contribution in [0.1, 0.15) is 11.5 Å². The van der Waals surface area contributed by atoms with Gasteiger partial charge in [-0.25, -0.2) is 4.98 Å². The lowest BCUT2D eigenvalue weighted by Crippen LogP contribution is -2.03. The van der Waals surface area contributed by atoms with Gasteiger partial charge in [0, 0.05) is 23.9 Å². The molecule has 0 unspecified atom stereocenters. The number of hydrogen-bond donors (Lipinski definition) is 2. The molecule has 8 nitrogen and oxygen atoms in total. The highest BCUT2D eigenvalue weighted by molar-refractivity contribution is 5.65. The molecule has 0 saturated carbocycles. The Morgan fingerprint density at radius 1 is 0.920 bits per heavy atom. The lowest BCUT2D eigenvalue weighted by atomic mass is 10.2. The van der Waals surface area contributed by atoms with Crippen molar-refractivity contribution in [1.29, 1.82) is 0 Å². The number of benzene rings is 1. The average molecular weight is 341 g/mol. The molecule has 2 heterocycles. The van der Waals surface area contributed by atoms with Crippen LogP contribution in [0, 0.1) is 13.8 Å². The summed E-state index contributed by atoms with van der Waals surface area (Å²) in [6.45, 7) is 3.71. The van der Waals surface area contributed by atoms with Gasteiger partial charge in [-0.1, -0.05) is 5.16 Å². The van der Waals surface area contributed by atoms with Crippen LogP contribution in [-0.2, 0) is 0 Å². The van der Waals surface area contributed by atoms with Gasteiger partial charge in [0.25, 0.3) is 0 Å². The third-order valence-corrected chi connectivity index (χ3v) is 3.39. The summed E-state index contributed by atoms with van der Waals surface area (Å²) in [6, 6.07) is 9.07. The van der Waals surface area contributed by atoms with E-state index in [0.717, 1.165) is 17.1 Å². The number of nitrogens with zero attached hydrogens (tertiary/aromatic N) is 3. The Kier molecular flexibility index (Phi) is 4.69. The van der Waals surface area contributed by atoms with Crippen molar-refractivity contribution in [1.82, 2.24) is 15.1 Å². The van der Waals surface area contributed by atoms with Crippen molar-refractivity contribution in [3.8, 4) is 11.5 Å². The third kappa shape index (κ3) is 3.97. The maximum atomic E-state index is 5.38. The second kappa shape index (κ2) is 7.08. The molecule has 130 valence electrons. The second-order valence-corrected chi connectivity index (χ2v) is 5.36. The molecule has 3 rings (SSSR count). The maximum Gasteiger partial charge on any atom is 0.229 e. The van der Waals surface area contributed by atoms with Gasteiger partial charge in [0.15, 0.2) is 5.82 Å². The summed E-state index contributed by atoms with van der Waals surface area (Å²) < 4.78 is 15.6. The van der Waals surface area contributed by atoms with Crippen molar-refractivity contribution in [3.05, 3.63) is 41.8 Å². The predicted molar refractivity (Wildman–Crippen MR) is 94.1 cm³/mol. The highest BCUT2D eigenvalue weighted by Gasteiger charge is 2.09. The zero-order valence-electron chi connectivity index (χ0n) is 14.5. The molecule has 3 aromatic rings. The zero-order chi connectivity index (χ0) is 17.8. The Bertz CT molecular complexity index is 878. The molecule has 2 aromatic heterocycles. The van der Waals surface area contributed by atoms with E-state index >= 15 is 0 Å². The Balaban J connectivity index is 1.85. The molecule has 0 bridgehead atoms. The minimum absolute atomic E-state index is 0.436. The van der Waals surface area contributed by atoms with E-state index < -0.39 is 0 Å². The van der Waals surface area contributed by atoms with Gasteiger partial charge in [-0.3, -0.25) is 0 Å². The lowest BCUT2D eigenvalue weighted by Gasteiger charge is -2.12. The highest BCUT2D eigenvalue weighted by Crippen LogP contribution is 2.31. The molecule has 0 saturated heterocycles. The average Bonchev–Trinajstić information content (AvgIpc) is 2.99. The van der Waals surface area contributed by atoms with Crippen LogP contribution in [0.3, 0.4) is 0 Å². The third-order valence-electron chi connectivity index (χ3n) is 3.39. The van der Waals surface area contributed by atoms with Crippen molar-refractivity contribution >= 4 is 23.3 Å².